The average Bonchev–Trinajstić information content (AvgIpc) is 2.52. The monoisotopic (exact) mass is 291 g/mol. The zero-order valence-electron chi connectivity index (χ0n) is 12.8. The van der Waals surface area contributed by atoms with Crippen LogP contribution < -0.4 is 4.74 Å². The average molecular weight is 291 g/mol. The second-order valence-corrected chi connectivity index (χ2v) is 5.95. The lowest BCUT2D eigenvalue weighted by Gasteiger charge is -2.35. The van der Waals surface area contributed by atoms with Gasteiger partial charge in [0.25, 0.3) is 0 Å². The highest BCUT2D eigenvalue weighted by molar-refractivity contribution is 5.31. The second kappa shape index (κ2) is 7.25. The van der Waals surface area contributed by atoms with Crippen molar-refractivity contribution in [2.24, 2.45) is 0 Å². The van der Waals surface area contributed by atoms with Crippen LogP contribution in [0.25, 0.3) is 0 Å². The molecule has 0 N–H and O–H groups in total. The highest BCUT2D eigenvalue weighted by atomic mass is 16.6. The van der Waals surface area contributed by atoms with Gasteiger partial charge in [0.2, 0.25) is 0 Å². The van der Waals surface area contributed by atoms with Gasteiger partial charge in [0.1, 0.15) is 11.9 Å². The Kier molecular flexibility index (Phi) is 5.12. The summed E-state index contributed by atoms with van der Waals surface area (Å²) in [4.78, 5) is 2.47. The fourth-order valence-corrected chi connectivity index (χ4v) is 3.01. The van der Waals surface area contributed by atoms with Gasteiger partial charge in [-0.3, -0.25) is 0 Å². The zero-order valence-corrected chi connectivity index (χ0v) is 12.8. The van der Waals surface area contributed by atoms with E-state index in [2.05, 4.69) is 30.0 Å². The van der Waals surface area contributed by atoms with E-state index in [0.717, 1.165) is 58.0 Å². The Labute approximate surface area is 127 Å². The van der Waals surface area contributed by atoms with E-state index >= 15 is 0 Å². The molecule has 0 saturated carbocycles. The van der Waals surface area contributed by atoms with Crippen LogP contribution in [0.1, 0.15) is 18.4 Å². The molecule has 0 bridgehead atoms. The lowest BCUT2D eigenvalue weighted by atomic mass is 10.1. The van der Waals surface area contributed by atoms with Crippen LogP contribution in [0.4, 0.5) is 0 Å². The Morgan fingerprint density at radius 1 is 1.19 bits per heavy atom. The van der Waals surface area contributed by atoms with Gasteiger partial charge < -0.3 is 19.1 Å². The Balaban J connectivity index is 1.43. The first-order valence-electron chi connectivity index (χ1n) is 7.95. The number of ether oxygens (including phenoxy) is 3. The number of piperidine rings is 1. The van der Waals surface area contributed by atoms with Gasteiger partial charge in [-0.2, -0.15) is 0 Å². The first-order valence-corrected chi connectivity index (χ1v) is 7.95. The number of hydrogen-bond donors (Lipinski definition) is 0. The molecule has 3 rings (SSSR count). The number of hydrogen-bond acceptors (Lipinski definition) is 4. The molecule has 1 aromatic rings. The number of para-hydroxylation sites is 1. The predicted octanol–water partition coefficient (Wildman–Crippen LogP) is 2.25. The van der Waals surface area contributed by atoms with Crippen LogP contribution in [0.5, 0.6) is 5.75 Å². The second-order valence-electron chi connectivity index (χ2n) is 5.95. The van der Waals surface area contributed by atoms with E-state index in [4.69, 9.17) is 14.2 Å². The van der Waals surface area contributed by atoms with E-state index in [9.17, 15) is 0 Å². The third kappa shape index (κ3) is 4.19. The van der Waals surface area contributed by atoms with Crippen molar-refractivity contribution in [1.82, 2.24) is 4.90 Å². The number of nitrogens with zero attached hydrogens (tertiary/aromatic N) is 1. The van der Waals surface area contributed by atoms with Crippen LogP contribution in [0.15, 0.2) is 24.3 Å². The standard InChI is InChI=1S/C17H25NO3/c1-14-4-2-3-5-17(14)21-15-6-8-18(9-7-15)12-16-13-19-10-11-20-16/h2-5,15-16H,6-13H2,1H3/t16-/m1/s1. The molecule has 0 aliphatic carbocycles. The summed E-state index contributed by atoms with van der Waals surface area (Å²) in [5.41, 5.74) is 1.22. The third-order valence-electron chi connectivity index (χ3n) is 4.27. The molecule has 116 valence electrons. The normalized spacial score (nSPS) is 24.9. The molecule has 4 heteroatoms. The minimum Gasteiger partial charge on any atom is -0.490 e. The molecule has 4 nitrogen and oxygen atoms in total. The first-order chi connectivity index (χ1) is 10.3. The van der Waals surface area contributed by atoms with E-state index in [-0.39, 0.29) is 6.10 Å². The molecule has 1 atom stereocenters. The smallest absolute Gasteiger partial charge is 0.122 e. The van der Waals surface area contributed by atoms with Crippen LogP contribution in [0.2, 0.25) is 0 Å². The minimum atomic E-state index is 0.243. The fraction of sp³-hybridized carbons (Fsp3) is 0.647. The Bertz CT molecular complexity index is 437. The van der Waals surface area contributed by atoms with Gasteiger partial charge >= 0.3 is 0 Å². The topological polar surface area (TPSA) is 30.9 Å². The maximum absolute atomic E-state index is 6.14. The minimum absolute atomic E-state index is 0.243. The van der Waals surface area contributed by atoms with Gasteiger partial charge in [0.05, 0.1) is 25.9 Å². The molecular formula is C17H25NO3. The van der Waals surface area contributed by atoms with Gasteiger partial charge in [-0.15, -0.1) is 0 Å². The Morgan fingerprint density at radius 3 is 2.71 bits per heavy atom. The maximum Gasteiger partial charge on any atom is 0.122 e. The summed E-state index contributed by atoms with van der Waals surface area (Å²) in [6.07, 6.45) is 2.75. The highest BCUT2D eigenvalue weighted by Crippen LogP contribution is 2.22. The molecule has 0 unspecified atom stereocenters. The SMILES string of the molecule is Cc1ccccc1OC1CCN(C[C@@H]2COCCO2)CC1. The van der Waals surface area contributed by atoms with E-state index in [1.54, 1.807) is 0 Å². The molecule has 2 heterocycles. The largest absolute Gasteiger partial charge is 0.490 e. The van der Waals surface area contributed by atoms with Crippen molar-refractivity contribution >= 4 is 0 Å². The van der Waals surface area contributed by atoms with Gasteiger partial charge in [0, 0.05) is 19.6 Å². The van der Waals surface area contributed by atoms with Crippen LogP contribution >= 0.6 is 0 Å². The van der Waals surface area contributed by atoms with Gasteiger partial charge in [-0.05, 0) is 31.4 Å². The zero-order chi connectivity index (χ0) is 14.5. The highest BCUT2D eigenvalue weighted by Gasteiger charge is 2.24. The van der Waals surface area contributed by atoms with Crippen molar-refractivity contribution in [3.8, 4) is 5.75 Å². The van der Waals surface area contributed by atoms with Gasteiger partial charge in [0.15, 0.2) is 0 Å². The molecule has 0 aromatic heterocycles. The maximum atomic E-state index is 6.14. The molecule has 0 spiro atoms. The van der Waals surface area contributed by atoms with Crippen molar-refractivity contribution in [2.45, 2.75) is 32.0 Å². The lowest BCUT2D eigenvalue weighted by Crippen LogP contribution is -2.45. The molecule has 21 heavy (non-hydrogen) atoms. The molecule has 2 aliphatic rings. The first kappa shape index (κ1) is 14.8. The van der Waals surface area contributed by atoms with Crippen LogP contribution in [-0.4, -0.2) is 56.6 Å². The molecule has 2 saturated heterocycles. The summed E-state index contributed by atoms with van der Waals surface area (Å²) >= 11 is 0. The molecule has 1 aromatic carbocycles. The van der Waals surface area contributed by atoms with Crippen LogP contribution in [0, 0.1) is 6.92 Å². The Morgan fingerprint density at radius 2 is 2.00 bits per heavy atom. The van der Waals surface area contributed by atoms with Gasteiger partial charge in [-0.25, -0.2) is 0 Å². The van der Waals surface area contributed by atoms with E-state index in [1.165, 1.54) is 5.56 Å². The summed E-state index contributed by atoms with van der Waals surface area (Å²) in [6.45, 7) is 7.45. The van der Waals surface area contributed by atoms with Gasteiger partial charge in [-0.1, -0.05) is 18.2 Å². The number of aryl methyl sites for hydroxylation is 1. The summed E-state index contributed by atoms with van der Waals surface area (Å²) in [5, 5.41) is 0. The van der Waals surface area contributed by atoms with E-state index in [1.807, 2.05) is 6.07 Å². The third-order valence-corrected chi connectivity index (χ3v) is 4.27. The van der Waals surface area contributed by atoms with E-state index in [0.29, 0.717) is 6.10 Å². The van der Waals surface area contributed by atoms with Crippen molar-refractivity contribution in [3.05, 3.63) is 29.8 Å². The summed E-state index contributed by atoms with van der Waals surface area (Å²) in [6, 6.07) is 8.26. The van der Waals surface area contributed by atoms with Crippen LogP contribution in [-0.2, 0) is 9.47 Å². The van der Waals surface area contributed by atoms with Crippen molar-refractivity contribution in [3.63, 3.8) is 0 Å². The predicted molar refractivity (Wildman–Crippen MR) is 81.8 cm³/mol. The number of rotatable bonds is 4. The molecular weight excluding hydrogens is 266 g/mol. The van der Waals surface area contributed by atoms with Crippen LogP contribution in [0.3, 0.4) is 0 Å². The molecule has 2 fully saturated rings. The summed E-state index contributed by atoms with van der Waals surface area (Å²) in [5.74, 6) is 1.03. The Hall–Kier alpha value is -1.10. The fourth-order valence-electron chi connectivity index (χ4n) is 3.01. The number of benzene rings is 1. The van der Waals surface area contributed by atoms with Crippen molar-refractivity contribution in [2.75, 3.05) is 39.5 Å². The van der Waals surface area contributed by atoms with Crippen molar-refractivity contribution < 1.29 is 14.2 Å². The molecule has 2 aliphatic heterocycles. The molecule has 0 radical (unpaired) electrons. The quantitative estimate of drug-likeness (QED) is 0.851. The van der Waals surface area contributed by atoms with Crippen molar-refractivity contribution in [1.29, 1.82) is 0 Å². The lowest BCUT2D eigenvalue weighted by molar-refractivity contribution is -0.100. The number of likely N-dealkylation sites (tertiary alicyclic amines) is 1. The summed E-state index contributed by atoms with van der Waals surface area (Å²) in [7, 11) is 0. The van der Waals surface area contributed by atoms with E-state index < -0.39 is 0 Å². The summed E-state index contributed by atoms with van der Waals surface area (Å²) < 4.78 is 17.3. The molecule has 0 amide bonds.